The molecule has 0 aliphatic carbocycles. The molecule has 6 nitrogen and oxygen atoms in total. The van der Waals surface area contributed by atoms with Gasteiger partial charge in [-0.2, -0.15) is 0 Å². The number of aryl methyl sites for hydroxylation is 3. The Kier molecular flexibility index (Phi) is 3.79. The topological polar surface area (TPSA) is 64.0 Å². The second-order valence-corrected chi connectivity index (χ2v) is 5.30. The molecule has 1 fully saturated rings. The summed E-state index contributed by atoms with van der Waals surface area (Å²) in [6.07, 6.45) is 1.56. The fourth-order valence-corrected chi connectivity index (χ4v) is 2.56. The van der Waals surface area contributed by atoms with Crippen molar-refractivity contribution in [3.63, 3.8) is 0 Å². The zero-order valence-corrected chi connectivity index (χ0v) is 12.6. The Bertz CT molecular complexity index is 625. The summed E-state index contributed by atoms with van der Waals surface area (Å²) in [4.78, 5) is 19.5. The number of hydrogen-bond donors (Lipinski definition) is 0. The quantitative estimate of drug-likeness (QED) is 0.838. The molecule has 1 aliphatic rings. The van der Waals surface area contributed by atoms with Crippen LogP contribution in [0.3, 0.4) is 0 Å². The number of hydrogen-bond acceptors (Lipinski definition) is 6. The molecular weight excluding hydrogens is 266 g/mol. The van der Waals surface area contributed by atoms with Crippen LogP contribution in [0.2, 0.25) is 0 Å². The highest BCUT2D eigenvalue weighted by Crippen LogP contribution is 2.24. The third-order valence-corrected chi connectivity index (χ3v) is 3.50. The highest BCUT2D eigenvalue weighted by molar-refractivity contribution is 5.39. The second-order valence-electron chi connectivity index (χ2n) is 5.30. The van der Waals surface area contributed by atoms with E-state index in [0.717, 1.165) is 41.8 Å². The van der Waals surface area contributed by atoms with Crippen LogP contribution in [0.5, 0.6) is 0 Å². The third-order valence-electron chi connectivity index (χ3n) is 3.50. The summed E-state index contributed by atoms with van der Waals surface area (Å²) in [5, 5.41) is 0. The van der Waals surface area contributed by atoms with Gasteiger partial charge in [-0.25, -0.2) is 19.9 Å². The average molecular weight is 285 g/mol. The van der Waals surface area contributed by atoms with Crippen molar-refractivity contribution in [2.24, 2.45) is 0 Å². The lowest BCUT2D eigenvalue weighted by Gasteiger charge is -2.33. The van der Waals surface area contributed by atoms with E-state index in [1.165, 1.54) is 0 Å². The Labute approximate surface area is 124 Å². The molecule has 2 aromatic heterocycles. The van der Waals surface area contributed by atoms with Crippen LogP contribution < -0.4 is 4.90 Å². The summed E-state index contributed by atoms with van der Waals surface area (Å²) in [7, 11) is 0. The smallest absolute Gasteiger partial charge is 0.132 e. The first-order valence-electron chi connectivity index (χ1n) is 7.09. The van der Waals surface area contributed by atoms with E-state index in [-0.39, 0.29) is 6.10 Å². The molecular formula is C15H19N5O. The number of ether oxygens (including phenoxy) is 1. The van der Waals surface area contributed by atoms with Gasteiger partial charge in [0.1, 0.15) is 24.1 Å². The molecule has 3 rings (SSSR count). The number of anilines is 1. The Morgan fingerprint density at radius 1 is 1.10 bits per heavy atom. The van der Waals surface area contributed by atoms with Gasteiger partial charge in [0.2, 0.25) is 0 Å². The molecule has 1 saturated heterocycles. The first-order valence-corrected chi connectivity index (χ1v) is 7.09. The lowest BCUT2D eigenvalue weighted by molar-refractivity contribution is 0.0365. The minimum Gasteiger partial charge on any atom is -0.368 e. The molecule has 0 aromatic carbocycles. The van der Waals surface area contributed by atoms with Crippen molar-refractivity contribution in [1.29, 1.82) is 0 Å². The fraction of sp³-hybridized carbons (Fsp3) is 0.467. The van der Waals surface area contributed by atoms with Crippen LogP contribution in [0.4, 0.5) is 5.82 Å². The zero-order valence-electron chi connectivity index (χ0n) is 12.6. The molecule has 2 aromatic rings. The first-order chi connectivity index (χ1) is 10.1. The minimum absolute atomic E-state index is 0.0468. The van der Waals surface area contributed by atoms with E-state index in [2.05, 4.69) is 24.8 Å². The van der Waals surface area contributed by atoms with E-state index in [1.807, 2.05) is 32.9 Å². The predicted octanol–water partition coefficient (Wildman–Crippen LogP) is 1.77. The SMILES string of the molecule is Cc1cc(N2CCO[C@@H](c3cc(C)nc(C)n3)C2)ncn1. The summed E-state index contributed by atoms with van der Waals surface area (Å²) < 4.78 is 5.88. The molecule has 1 aliphatic heterocycles. The third kappa shape index (κ3) is 3.16. The number of rotatable bonds is 2. The van der Waals surface area contributed by atoms with Crippen molar-refractivity contribution in [2.45, 2.75) is 26.9 Å². The number of nitrogens with zero attached hydrogens (tertiary/aromatic N) is 5. The monoisotopic (exact) mass is 285 g/mol. The van der Waals surface area contributed by atoms with Gasteiger partial charge in [0.15, 0.2) is 0 Å². The van der Waals surface area contributed by atoms with E-state index in [1.54, 1.807) is 6.33 Å². The molecule has 21 heavy (non-hydrogen) atoms. The molecule has 0 radical (unpaired) electrons. The molecule has 0 spiro atoms. The molecule has 0 unspecified atom stereocenters. The van der Waals surface area contributed by atoms with E-state index in [9.17, 15) is 0 Å². The lowest BCUT2D eigenvalue weighted by Crippen LogP contribution is -2.39. The van der Waals surface area contributed by atoms with E-state index >= 15 is 0 Å². The maximum Gasteiger partial charge on any atom is 0.132 e. The molecule has 0 saturated carbocycles. The lowest BCUT2D eigenvalue weighted by atomic mass is 10.1. The fourth-order valence-electron chi connectivity index (χ4n) is 2.56. The standard InChI is InChI=1S/C15H19N5O/c1-10-7-15(17-9-16-10)20-4-5-21-14(8-20)13-6-11(2)18-12(3)19-13/h6-7,9,14H,4-5,8H2,1-3H3/t14-/m1/s1. The largest absolute Gasteiger partial charge is 0.368 e. The van der Waals surface area contributed by atoms with Crippen molar-refractivity contribution in [2.75, 3.05) is 24.6 Å². The predicted molar refractivity (Wildman–Crippen MR) is 79.2 cm³/mol. The van der Waals surface area contributed by atoms with E-state index < -0.39 is 0 Å². The van der Waals surface area contributed by atoms with Crippen LogP contribution in [-0.2, 0) is 4.74 Å². The average Bonchev–Trinajstić information content (AvgIpc) is 2.46. The molecule has 1 atom stereocenters. The van der Waals surface area contributed by atoms with Crippen LogP contribution >= 0.6 is 0 Å². The van der Waals surface area contributed by atoms with Gasteiger partial charge in [-0.05, 0) is 26.8 Å². The van der Waals surface area contributed by atoms with Gasteiger partial charge < -0.3 is 9.64 Å². The van der Waals surface area contributed by atoms with Crippen LogP contribution in [0.1, 0.15) is 29.0 Å². The Hall–Kier alpha value is -2.08. The number of aromatic nitrogens is 4. The minimum atomic E-state index is -0.0468. The highest BCUT2D eigenvalue weighted by Gasteiger charge is 2.24. The van der Waals surface area contributed by atoms with Crippen LogP contribution in [0.15, 0.2) is 18.5 Å². The van der Waals surface area contributed by atoms with Gasteiger partial charge in [0.05, 0.1) is 18.8 Å². The van der Waals surface area contributed by atoms with Crippen molar-refractivity contribution < 1.29 is 4.74 Å². The van der Waals surface area contributed by atoms with Crippen LogP contribution in [0, 0.1) is 20.8 Å². The number of morpholine rings is 1. The summed E-state index contributed by atoms with van der Waals surface area (Å²) in [6.45, 7) is 8.09. The summed E-state index contributed by atoms with van der Waals surface area (Å²) in [6, 6.07) is 3.99. The normalized spacial score (nSPS) is 18.8. The summed E-state index contributed by atoms with van der Waals surface area (Å²) >= 11 is 0. The van der Waals surface area contributed by atoms with Gasteiger partial charge in [-0.3, -0.25) is 0 Å². The van der Waals surface area contributed by atoms with Crippen molar-refractivity contribution in [1.82, 2.24) is 19.9 Å². The van der Waals surface area contributed by atoms with Crippen molar-refractivity contribution >= 4 is 5.82 Å². The van der Waals surface area contributed by atoms with E-state index in [4.69, 9.17) is 4.74 Å². The van der Waals surface area contributed by atoms with Gasteiger partial charge >= 0.3 is 0 Å². The Morgan fingerprint density at radius 2 is 1.95 bits per heavy atom. The van der Waals surface area contributed by atoms with Crippen molar-refractivity contribution in [3.05, 3.63) is 41.4 Å². The highest BCUT2D eigenvalue weighted by atomic mass is 16.5. The van der Waals surface area contributed by atoms with Crippen molar-refractivity contribution in [3.8, 4) is 0 Å². The summed E-state index contributed by atoms with van der Waals surface area (Å²) in [5.41, 5.74) is 2.88. The van der Waals surface area contributed by atoms with Crippen LogP contribution in [-0.4, -0.2) is 39.6 Å². The van der Waals surface area contributed by atoms with Gasteiger partial charge in [-0.1, -0.05) is 0 Å². The molecule has 110 valence electrons. The Balaban J connectivity index is 1.82. The van der Waals surface area contributed by atoms with Gasteiger partial charge in [0, 0.05) is 24.0 Å². The van der Waals surface area contributed by atoms with E-state index in [0.29, 0.717) is 6.61 Å². The molecule has 0 bridgehead atoms. The molecule has 0 N–H and O–H groups in total. The molecule has 0 amide bonds. The molecule has 6 heteroatoms. The Morgan fingerprint density at radius 3 is 2.71 bits per heavy atom. The first kappa shape index (κ1) is 13.9. The summed E-state index contributed by atoms with van der Waals surface area (Å²) in [5.74, 6) is 1.72. The maximum absolute atomic E-state index is 5.88. The molecule has 3 heterocycles. The zero-order chi connectivity index (χ0) is 14.8. The van der Waals surface area contributed by atoms with Crippen LogP contribution in [0.25, 0.3) is 0 Å². The maximum atomic E-state index is 5.88. The van der Waals surface area contributed by atoms with Gasteiger partial charge in [-0.15, -0.1) is 0 Å². The van der Waals surface area contributed by atoms with Gasteiger partial charge in [0.25, 0.3) is 0 Å². The second kappa shape index (κ2) is 5.73.